The first-order valence-electron chi connectivity index (χ1n) is 5.13. The van der Waals surface area contributed by atoms with Gasteiger partial charge in [0.25, 0.3) is 0 Å². The molecular formula is C10H23N3O. The number of nitrogens with two attached hydrogens (primary N) is 1. The summed E-state index contributed by atoms with van der Waals surface area (Å²) in [4.78, 5) is 0. The highest BCUT2D eigenvalue weighted by molar-refractivity contribution is 5.79. The Bertz CT molecular complexity index is 173. The first-order chi connectivity index (χ1) is 6.45. The highest BCUT2D eigenvalue weighted by Crippen LogP contribution is 2.10. The van der Waals surface area contributed by atoms with Gasteiger partial charge in [-0.25, -0.2) is 0 Å². The molecule has 0 spiro atoms. The summed E-state index contributed by atoms with van der Waals surface area (Å²) in [7, 11) is 0. The van der Waals surface area contributed by atoms with Crippen molar-refractivity contribution >= 4 is 5.84 Å². The van der Waals surface area contributed by atoms with Crippen molar-refractivity contribution in [1.82, 2.24) is 5.32 Å². The van der Waals surface area contributed by atoms with E-state index in [1.54, 1.807) is 0 Å². The molecule has 0 amide bonds. The van der Waals surface area contributed by atoms with E-state index in [0.717, 1.165) is 25.9 Å². The third-order valence-electron chi connectivity index (χ3n) is 1.82. The van der Waals surface area contributed by atoms with Crippen molar-refractivity contribution < 1.29 is 5.21 Å². The summed E-state index contributed by atoms with van der Waals surface area (Å²) in [6.45, 7) is 8.63. The summed E-state index contributed by atoms with van der Waals surface area (Å²) in [5.41, 5.74) is 5.68. The fraction of sp³-hybridized carbons (Fsp3) is 0.900. The average molecular weight is 201 g/mol. The highest BCUT2D eigenvalue weighted by atomic mass is 16.4. The van der Waals surface area contributed by atoms with E-state index < -0.39 is 0 Å². The number of amidine groups is 1. The zero-order valence-electron chi connectivity index (χ0n) is 9.51. The molecule has 0 aliphatic carbocycles. The van der Waals surface area contributed by atoms with Crippen molar-refractivity contribution in [2.75, 3.05) is 13.1 Å². The van der Waals surface area contributed by atoms with Gasteiger partial charge in [-0.05, 0) is 31.3 Å². The smallest absolute Gasteiger partial charge is 0.139 e. The van der Waals surface area contributed by atoms with Gasteiger partial charge in [0.15, 0.2) is 0 Å². The van der Waals surface area contributed by atoms with Crippen LogP contribution < -0.4 is 11.1 Å². The lowest BCUT2D eigenvalue weighted by Gasteiger charge is -2.18. The molecule has 0 saturated carbocycles. The van der Waals surface area contributed by atoms with Crippen molar-refractivity contribution in [1.29, 1.82) is 0 Å². The van der Waals surface area contributed by atoms with Crippen LogP contribution in [0.3, 0.4) is 0 Å². The van der Waals surface area contributed by atoms with Gasteiger partial charge in [0, 0.05) is 6.42 Å². The summed E-state index contributed by atoms with van der Waals surface area (Å²) in [6, 6.07) is 0. The molecule has 0 aromatic carbocycles. The Balaban J connectivity index is 3.23. The van der Waals surface area contributed by atoms with Gasteiger partial charge in [0.2, 0.25) is 0 Å². The van der Waals surface area contributed by atoms with Gasteiger partial charge in [-0.3, -0.25) is 0 Å². The predicted molar refractivity (Wildman–Crippen MR) is 59.6 cm³/mol. The van der Waals surface area contributed by atoms with Crippen LogP contribution >= 0.6 is 0 Å². The summed E-state index contributed by atoms with van der Waals surface area (Å²) in [5, 5.41) is 14.6. The van der Waals surface area contributed by atoms with E-state index in [1.165, 1.54) is 0 Å². The van der Waals surface area contributed by atoms with Gasteiger partial charge in [0.05, 0.1) is 0 Å². The van der Waals surface area contributed by atoms with Crippen molar-refractivity contribution in [2.45, 2.75) is 40.0 Å². The number of rotatable bonds is 6. The number of oxime groups is 1. The average Bonchev–Trinajstić information content (AvgIpc) is 2.08. The molecule has 84 valence electrons. The standard InChI is InChI=1S/C10H23N3O/c1-10(2,3)8-12-7-5-4-6-9(11)13-14/h12,14H,4-8H2,1-3H3,(H2,11,13). The van der Waals surface area contributed by atoms with Gasteiger partial charge >= 0.3 is 0 Å². The van der Waals surface area contributed by atoms with E-state index >= 15 is 0 Å². The molecule has 0 heterocycles. The first kappa shape index (κ1) is 13.2. The third-order valence-corrected chi connectivity index (χ3v) is 1.82. The lowest BCUT2D eigenvalue weighted by molar-refractivity contribution is 0.316. The van der Waals surface area contributed by atoms with Crippen LogP contribution in [0, 0.1) is 5.41 Å². The van der Waals surface area contributed by atoms with E-state index in [-0.39, 0.29) is 0 Å². The van der Waals surface area contributed by atoms with Gasteiger partial charge in [-0.15, -0.1) is 0 Å². The second kappa shape index (κ2) is 6.65. The summed E-state index contributed by atoms with van der Waals surface area (Å²) < 4.78 is 0. The molecule has 0 unspecified atom stereocenters. The number of hydrogen-bond donors (Lipinski definition) is 3. The number of unbranched alkanes of at least 4 members (excludes halogenated alkanes) is 1. The fourth-order valence-corrected chi connectivity index (χ4v) is 1.07. The maximum Gasteiger partial charge on any atom is 0.139 e. The molecule has 14 heavy (non-hydrogen) atoms. The molecule has 0 rings (SSSR count). The number of nitrogens with one attached hydrogen (secondary N) is 1. The quantitative estimate of drug-likeness (QED) is 0.201. The molecule has 0 bridgehead atoms. The van der Waals surface area contributed by atoms with E-state index in [1.807, 2.05) is 0 Å². The van der Waals surface area contributed by atoms with Gasteiger partial charge in [-0.2, -0.15) is 0 Å². The van der Waals surface area contributed by atoms with Crippen molar-refractivity contribution in [3.8, 4) is 0 Å². The van der Waals surface area contributed by atoms with Crippen LogP contribution in [0.25, 0.3) is 0 Å². The predicted octanol–water partition coefficient (Wildman–Crippen LogP) is 1.54. The molecule has 0 atom stereocenters. The van der Waals surface area contributed by atoms with Crippen molar-refractivity contribution in [2.24, 2.45) is 16.3 Å². The van der Waals surface area contributed by atoms with Crippen molar-refractivity contribution in [3.63, 3.8) is 0 Å². The van der Waals surface area contributed by atoms with Crippen LogP contribution in [-0.4, -0.2) is 24.1 Å². The zero-order valence-corrected chi connectivity index (χ0v) is 9.51. The minimum absolute atomic E-state index is 0.320. The Morgan fingerprint density at radius 2 is 2.00 bits per heavy atom. The Labute approximate surface area is 86.6 Å². The SMILES string of the molecule is CC(C)(C)CNCCCCC(N)=NO. The zero-order chi connectivity index (χ0) is 11.0. The molecule has 0 aliphatic rings. The molecule has 0 fully saturated rings. The fourth-order valence-electron chi connectivity index (χ4n) is 1.07. The number of nitrogens with zero attached hydrogens (tertiary/aromatic N) is 1. The van der Waals surface area contributed by atoms with Gasteiger partial charge in [-0.1, -0.05) is 25.9 Å². The minimum Gasteiger partial charge on any atom is -0.409 e. The maximum absolute atomic E-state index is 8.29. The Morgan fingerprint density at radius 1 is 1.36 bits per heavy atom. The summed E-state index contributed by atoms with van der Waals surface area (Å²) in [6.07, 6.45) is 2.70. The second-order valence-electron chi connectivity index (χ2n) is 4.79. The Hall–Kier alpha value is -0.770. The largest absolute Gasteiger partial charge is 0.409 e. The number of hydrogen-bond acceptors (Lipinski definition) is 3. The molecule has 0 aromatic rings. The van der Waals surface area contributed by atoms with Crippen LogP contribution in [0.2, 0.25) is 0 Å². The van der Waals surface area contributed by atoms with Gasteiger partial charge < -0.3 is 16.3 Å². The normalized spacial score (nSPS) is 13.2. The van der Waals surface area contributed by atoms with Crippen LogP contribution in [0.4, 0.5) is 0 Å². The van der Waals surface area contributed by atoms with E-state index in [9.17, 15) is 0 Å². The van der Waals surface area contributed by atoms with Crippen LogP contribution in [0.1, 0.15) is 40.0 Å². The highest BCUT2D eigenvalue weighted by Gasteiger charge is 2.07. The second-order valence-corrected chi connectivity index (χ2v) is 4.79. The monoisotopic (exact) mass is 201 g/mol. The summed E-state index contributed by atoms with van der Waals surface area (Å²) >= 11 is 0. The molecule has 4 heteroatoms. The Morgan fingerprint density at radius 3 is 2.50 bits per heavy atom. The van der Waals surface area contributed by atoms with E-state index in [0.29, 0.717) is 17.7 Å². The molecule has 0 saturated heterocycles. The minimum atomic E-state index is 0.320. The molecule has 0 radical (unpaired) electrons. The lowest BCUT2D eigenvalue weighted by atomic mass is 9.97. The Kier molecular flexibility index (Phi) is 6.28. The van der Waals surface area contributed by atoms with Crippen LogP contribution in [-0.2, 0) is 0 Å². The van der Waals surface area contributed by atoms with Crippen molar-refractivity contribution in [3.05, 3.63) is 0 Å². The van der Waals surface area contributed by atoms with Crippen LogP contribution in [0.5, 0.6) is 0 Å². The topological polar surface area (TPSA) is 70.6 Å². The molecule has 0 aliphatic heterocycles. The maximum atomic E-state index is 8.29. The lowest BCUT2D eigenvalue weighted by Crippen LogP contribution is -2.27. The molecular weight excluding hydrogens is 178 g/mol. The molecule has 4 nitrogen and oxygen atoms in total. The van der Waals surface area contributed by atoms with Crippen LogP contribution in [0.15, 0.2) is 5.16 Å². The van der Waals surface area contributed by atoms with Gasteiger partial charge in [0.1, 0.15) is 5.84 Å². The van der Waals surface area contributed by atoms with E-state index in [4.69, 9.17) is 10.9 Å². The molecule has 4 N–H and O–H groups in total. The third kappa shape index (κ3) is 9.32. The van der Waals surface area contributed by atoms with E-state index in [2.05, 4.69) is 31.2 Å². The summed E-state index contributed by atoms with van der Waals surface area (Å²) in [5.74, 6) is 0.320. The first-order valence-corrected chi connectivity index (χ1v) is 5.13. The molecule has 0 aromatic heterocycles.